The second kappa shape index (κ2) is 2.44. The Hall–Kier alpha value is -1.43. The fraction of sp³-hybridized carbons (Fsp3) is 0.250. The minimum atomic E-state index is -0.619. The van der Waals surface area contributed by atoms with Crippen LogP contribution in [0.3, 0.4) is 0 Å². The number of rotatable bonds is 1. The first-order chi connectivity index (χ1) is 4.70. The van der Waals surface area contributed by atoms with E-state index < -0.39 is 4.92 Å². The zero-order valence-electron chi connectivity index (χ0n) is 4.97. The van der Waals surface area contributed by atoms with Gasteiger partial charge < -0.3 is 0 Å². The summed E-state index contributed by atoms with van der Waals surface area (Å²) in [5.41, 5.74) is -0.214. The largest absolute Gasteiger partial charge is 0.305 e. The molecule has 10 heavy (non-hydrogen) atoms. The highest BCUT2D eigenvalue weighted by Gasteiger charge is 2.12. The maximum atomic E-state index is 10.0. The molecule has 0 saturated carbocycles. The van der Waals surface area contributed by atoms with Crippen LogP contribution in [0.15, 0.2) is 16.9 Å². The van der Waals surface area contributed by atoms with Gasteiger partial charge in [0.2, 0.25) is 0 Å². The Morgan fingerprint density at radius 1 is 1.90 bits per heavy atom. The fourth-order valence-electron chi connectivity index (χ4n) is 0.539. The highest BCUT2D eigenvalue weighted by Crippen LogP contribution is 1.99. The van der Waals surface area contributed by atoms with Crippen LogP contribution in [-0.4, -0.2) is 28.1 Å². The van der Waals surface area contributed by atoms with Gasteiger partial charge in [-0.1, -0.05) is 0 Å². The van der Waals surface area contributed by atoms with Crippen molar-refractivity contribution in [3.63, 3.8) is 0 Å². The lowest BCUT2D eigenvalue weighted by Crippen LogP contribution is -2.19. The Labute approximate surface area is 56.2 Å². The minimum absolute atomic E-state index is 0.0529. The average Bonchev–Trinajstić information content (AvgIpc) is 1.88. The van der Waals surface area contributed by atoms with Gasteiger partial charge in [-0.05, 0) is 0 Å². The van der Waals surface area contributed by atoms with E-state index in [0.29, 0.717) is 5.06 Å². The summed E-state index contributed by atoms with van der Waals surface area (Å²) < 4.78 is 0. The third-order valence-corrected chi connectivity index (χ3v) is 0.942. The molecule has 0 atom stereocenters. The predicted molar refractivity (Wildman–Crippen MR) is 32.1 cm³/mol. The molecule has 54 valence electrons. The van der Waals surface area contributed by atoms with Crippen molar-refractivity contribution < 1.29 is 10.1 Å². The second-order valence-electron chi connectivity index (χ2n) is 1.70. The maximum Gasteiger partial charge on any atom is 0.305 e. The van der Waals surface area contributed by atoms with E-state index in [-0.39, 0.29) is 12.4 Å². The molecule has 0 aliphatic carbocycles. The molecule has 0 radical (unpaired) electrons. The van der Waals surface area contributed by atoms with Crippen molar-refractivity contribution >= 4 is 6.21 Å². The van der Waals surface area contributed by atoms with Crippen LogP contribution in [-0.2, 0) is 0 Å². The van der Waals surface area contributed by atoms with Gasteiger partial charge in [-0.15, -0.1) is 0 Å². The molecule has 1 rings (SSSR count). The Bertz CT molecular complexity index is 210. The summed E-state index contributed by atoms with van der Waals surface area (Å²) in [5.74, 6) is 0. The van der Waals surface area contributed by atoms with Crippen molar-refractivity contribution in [1.29, 1.82) is 0 Å². The highest BCUT2D eigenvalue weighted by molar-refractivity contribution is 5.75. The lowest BCUT2D eigenvalue weighted by molar-refractivity contribution is -0.416. The molecule has 1 heterocycles. The standard InChI is InChI=1S/C4H5N3O3/c8-6-2-4(7(9)10)1-5-3-6/h1-2,8H,3H2. The molecule has 0 unspecified atom stereocenters. The number of hydrogen-bond donors (Lipinski definition) is 1. The first-order valence-corrected chi connectivity index (χ1v) is 2.51. The number of allylic oxidation sites excluding steroid dienone is 1. The van der Waals surface area contributed by atoms with Crippen LogP contribution < -0.4 is 0 Å². The molecule has 0 aromatic carbocycles. The van der Waals surface area contributed by atoms with E-state index in [0.717, 1.165) is 12.4 Å². The SMILES string of the molecule is O=[N+]([O-])C1=CN(O)CN=C1. The monoisotopic (exact) mass is 143 g/mol. The molecule has 0 fully saturated rings. The molecule has 0 spiro atoms. The van der Waals surface area contributed by atoms with Crippen LogP contribution in [0.5, 0.6) is 0 Å². The van der Waals surface area contributed by atoms with Crippen molar-refractivity contribution in [1.82, 2.24) is 5.06 Å². The Balaban J connectivity index is 2.76. The van der Waals surface area contributed by atoms with E-state index in [1.54, 1.807) is 0 Å². The van der Waals surface area contributed by atoms with Gasteiger partial charge in [0.15, 0.2) is 0 Å². The normalized spacial score (nSPS) is 16.9. The quantitative estimate of drug-likeness (QED) is 0.408. The summed E-state index contributed by atoms with van der Waals surface area (Å²) >= 11 is 0. The lowest BCUT2D eigenvalue weighted by atomic mass is 10.5. The Morgan fingerprint density at radius 3 is 3.00 bits per heavy atom. The van der Waals surface area contributed by atoms with Gasteiger partial charge in [-0.3, -0.25) is 20.3 Å². The van der Waals surface area contributed by atoms with E-state index in [2.05, 4.69) is 4.99 Å². The Morgan fingerprint density at radius 2 is 2.60 bits per heavy atom. The smallest absolute Gasteiger partial charge is 0.287 e. The summed E-state index contributed by atoms with van der Waals surface area (Å²) in [4.78, 5) is 12.9. The van der Waals surface area contributed by atoms with Crippen molar-refractivity contribution in [3.8, 4) is 0 Å². The van der Waals surface area contributed by atoms with Crippen LogP contribution in [0.2, 0.25) is 0 Å². The van der Waals surface area contributed by atoms with Crippen molar-refractivity contribution in [2.24, 2.45) is 4.99 Å². The molecule has 6 heteroatoms. The molecular formula is C4H5N3O3. The fourth-order valence-corrected chi connectivity index (χ4v) is 0.539. The third-order valence-electron chi connectivity index (χ3n) is 0.942. The zero-order valence-corrected chi connectivity index (χ0v) is 4.97. The summed E-state index contributed by atoms with van der Waals surface area (Å²) in [6.07, 6.45) is 2.11. The van der Waals surface area contributed by atoms with Gasteiger partial charge in [-0.2, -0.15) is 0 Å². The molecule has 0 aromatic rings. The molecular weight excluding hydrogens is 138 g/mol. The van der Waals surface area contributed by atoms with Crippen LogP contribution in [0, 0.1) is 10.1 Å². The third kappa shape index (κ3) is 1.29. The van der Waals surface area contributed by atoms with E-state index in [1.807, 2.05) is 0 Å². The lowest BCUT2D eigenvalue weighted by Gasteiger charge is -2.09. The first-order valence-electron chi connectivity index (χ1n) is 2.51. The summed E-state index contributed by atoms with van der Waals surface area (Å²) in [5, 5.41) is 19.3. The van der Waals surface area contributed by atoms with Gasteiger partial charge in [0.05, 0.1) is 4.92 Å². The van der Waals surface area contributed by atoms with E-state index >= 15 is 0 Å². The number of hydrogen-bond acceptors (Lipinski definition) is 5. The summed E-state index contributed by atoms with van der Waals surface area (Å²) in [6, 6.07) is 0. The number of aliphatic imine (C=N–C) groups is 1. The molecule has 0 amide bonds. The van der Waals surface area contributed by atoms with Crippen molar-refractivity contribution in [2.75, 3.05) is 6.67 Å². The van der Waals surface area contributed by atoms with Gasteiger partial charge in [0.1, 0.15) is 19.1 Å². The maximum absolute atomic E-state index is 10.0. The van der Waals surface area contributed by atoms with Crippen molar-refractivity contribution in [3.05, 3.63) is 22.0 Å². The van der Waals surface area contributed by atoms with Gasteiger partial charge in [-0.25, -0.2) is 5.06 Å². The molecule has 0 aromatic heterocycles. The first kappa shape index (κ1) is 6.69. The molecule has 0 saturated heterocycles. The molecule has 1 aliphatic heterocycles. The topological polar surface area (TPSA) is 79.0 Å². The zero-order chi connectivity index (χ0) is 7.56. The Kier molecular flexibility index (Phi) is 1.63. The van der Waals surface area contributed by atoms with Crippen LogP contribution in [0.1, 0.15) is 0 Å². The second-order valence-corrected chi connectivity index (χ2v) is 1.70. The van der Waals surface area contributed by atoms with E-state index in [4.69, 9.17) is 5.21 Å². The number of nitrogens with zero attached hydrogens (tertiary/aromatic N) is 3. The van der Waals surface area contributed by atoms with Crippen LogP contribution >= 0.6 is 0 Å². The van der Waals surface area contributed by atoms with Gasteiger partial charge in [0, 0.05) is 0 Å². The average molecular weight is 143 g/mol. The van der Waals surface area contributed by atoms with Gasteiger partial charge in [0.25, 0.3) is 0 Å². The van der Waals surface area contributed by atoms with Crippen LogP contribution in [0.25, 0.3) is 0 Å². The summed E-state index contributed by atoms with van der Waals surface area (Å²) in [6.45, 7) is 0.0529. The minimum Gasteiger partial charge on any atom is -0.287 e. The molecule has 1 N–H and O–H groups in total. The predicted octanol–water partition coefficient (Wildman–Crippen LogP) is -0.162. The van der Waals surface area contributed by atoms with Gasteiger partial charge >= 0.3 is 5.70 Å². The van der Waals surface area contributed by atoms with Crippen molar-refractivity contribution in [2.45, 2.75) is 0 Å². The molecule has 0 bridgehead atoms. The number of nitro groups is 1. The molecule has 6 nitrogen and oxygen atoms in total. The highest BCUT2D eigenvalue weighted by atomic mass is 16.6. The summed E-state index contributed by atoms with van der Waals surface area (Å²) in [7, 11) is 0. The van der Waals surface area contributed by atoms with Crippen LogP contribution in [0.4, 0.5) is 0 Å². The number of hydroxylamine groups is 2. The molecule has 1 aliphatic rings. The van der Waals surface area contributed by atoms with E-state index in [1.165, 1.54) is 0 Å². The van der Waals surface area contributed by atoms with E-state index in [9.17, 15) is 10.1 Å².